The van der Waals surface area contributed by atoms with Crippen molar-refractivity contribution in [2.75, 3.05) is 7.11 Å². The van der Waals surface area contributed by atoms with Crippen LogP contribution in [0.1, 0.15) is 5.69 Å². The van der Waals surface area contributed by atoms with Crippen molar-refractivity contribution in [3.8, 4) is 17.3 Å². The molecular formula is C17H15N3O2. The van der Waals surface area contributed by atoms with E-state index < -0.39 is 0 Å². The van der Waals surface area contributed by atoms with E-state index in [2.05, 4.69) is 9.98 Å². The first-order valence-electron chi connectivity index (χ1n) is 6.77. The molecule has 5 heteroatoms. The lowest BCUT2D eigenvalue weighted by Gasteiger charge is -2.06. The van der Waals surface area contributed by atoms with Gasteiger partial charge in [0.2, 0.25) is 5.88 Å². The molecule has 0 aliphatic rings. The normalized spacial score (nSPS) is 11.0. The summed E-state index contributed by atoms with van der Waals surface area (Å²) in [6, 6.07) is 14.5. The first-order chi connectivity index (χ1) is 10.8. The summed E-state index contributed by atoms with van der Waals surface area (Å²) in [5.74, 6) is 0.807. The van der Waals surface area contributed by atoms with Crippen molar-refractivity contribution >= 4 is 11.9 Å². The molecule has 0 unspecified atom stereocenters. The number of nitrogens with zero attached hydrogens (tertiary/aromatic N) is 3. The van der Waals surface area contributed by atoms with Crippen LogP contribution in [0.5, 0.6) is 11.6 Å². The van der Waals surface area contributed by atoms with E-state index in [9.17, 15) is 5.11 Å². The first-order valence-corrected chi connectivity index (χ1v) is 6.77. The average molecular weight is 293 g/mol. The number of phenolic OH excluding ortho intramolecular Hbond substituents is 1. The second kappa shape index (κ2) is 6.13. The fraction of sp³-hybridized carbons (Fsp3) is 0.0588. The number of hydrogen-bond donors (Lipinski definition) is 1. The van der Waals surface area contributed by atoms with Crippen LogP contribution in [0, 0.1) is 0 Å². The van der Waals surface area contributed by atoms with E-state index in [1.54, 1.807) is 37.7 Å². The lowest BCUT2D eigenvalue weighted by atomic mass is 10.3. The number of aliphatic imine (C=N–C) groups is 1. The highest BCUT2D eigenvalue weighted by Gasteiger charge is 2.01. The molecule has 0 saturated carbocycles. The van der Waals surface area contributed by atoms with Crippen LogP contribution in [0.2, 0.25) is 0 Å². The molecule has 1 aromatic carbocycles. The molecule has 22 heavy (non-hydrogen) atoms. The number of hydrogen-bond acceptors (Lipinski definition) is 4. The van der Waals surface area contributed by atoms with Crippen LogP contribution in [0.15, 0.2) is 65.9 Å². The predicted molar refractivity (Wildman–Crippen MR) is 85.5 cm³/mol. The lowest BCUT2D eigenvalue weighted by molar-refractivity contribution is 0.398. The van der Waals surface area contributed by atoms with Gasteiger partial charge in [-0.15, -0.1) is 0 Å². The molecular weight excluding hydrogens is 278 g/mol. The minimum Gasteiger partial charge on any atom is -0.508 e. The van der Waals surface area contributed by atoms with Gasteiger partial charge in [-0.2, -0.15) is 0 Å². The van der Waals surface area contributed by atoms with Gasteiger partial charge < -0.3 is 14.4 Å². The Balaban J connectivity index is 1.85. The van der Waals surface area contributed by atoms with E-state index in [1.807, 2.05) is 41.1 Å². The van der Waals surface area contributed by atoms with Crippen molar-refractivity contribution in [1.29, 1.82) is 0 Å². The Morgan fingerprint density at radius 2 is 1.95 bits per heavy atom. The van der Waals surface area contributed by atoms with Crippen LogP contribution >= 0.6 is 0 Å². The van der Waals surface area contributed by atoms with Crippen molar-refractivity contribution in [3.63, 3.8) is 0 Å². The van der Waals surface area contributed by atoms with Gasteiger partial charge in [0.15, 0.2) is 0 Å². The predicted octanol–water partition coefficient (Wildman–Crippen LogP) is 3.34. The molecule has 0 saturated heterocycles. The zero-order valence-corrected chi connectivity index (χ0v) is 12.0. The Kier molecular flexibility index (Phi) is 3.87. The number of benzene rings is 1. The lowest BCUT2D eigenvalue weighted by Crippen LogP contribution is -1.97. The minimum absolute atomic E-state index is 0.246. The Bertz CT molecular complexity index is 774. The number of ether oxygens (including phenoxy) is 1. The maximum absolute atomic E-state index is 9.37. The molecule has 5 nitrogen and oxygen atoms in total. The third kappa shape index (κ3) is 2.98. The van der Waals surface area contributed by atoms with E-state index in [0.29, 0.717) is 5.88 Å². The van der Waals surface area contributed by atoms with E-state index in [-0.39, 0.29) is 5.75 Å². The van der Waals surface area contributed by atoms with Crippen LogP contribution in [0.25, 0.3) is 5.69 Å². The quantitative estimate of drug-likeness (QED) is 0.750. The van der Waals surface area contributed by atoms with E-state index >= 15 is 0 Å². The van der Waals surface area contributed by atoms with Gasteiger partial charge >= 0.3 is 0 Å². The minimum atomic E-state index is 0.246. The Labute approximate surface area is 128 Å². The smallest absolute Gasteiger partial charge is 0.213 e. The fourth-order valence-electron chi connectivity index (χ4n) is 2.06. The zero-order chi connectivity index (χ0) is 15.4. The van der Waals surface area contributed by atoms with Crippen molar-refractivity contribution in [1.82, 2.24) is 9.55 Å². The standard InChI is InChI=1S/C17H15N3O2/c1-22-17-9-4-13(11-19-17)18-12-15-3-2-10-20(15)14-5-7-16(21)8-6-14/h2-12,21H,1H3. The summed E-state index contributed by atoms with van der Waals surface area (Å²) >= 11 is 0. The maximum atomic E-state index is 9.37. The molecule has 0 aliphatic carbocycles. The molecule has 3 rings (SSSR count). The Hall–Kier alpha value is -3.08. The van der Waals surface area contributed by atoms with Crippen molar-refractivity contribution in [2.45, 2.75) is 0 Å². The SMILES string of the molecule is COc1ccc(N=Cc2cccn2-c2ccc(O)cc2)cn1. The van der Waals surface area contributed by atoms with Crippen molar-refractivity contribution in [2.24, 2.45) is 4.99 Å². The van der Waals surface area contributed by atoms with Gasteiger partial charge in [-0.25, -0.2) is 4.98 Å². The number of aromatic nitrogens is 2. The van der Waals surface area contributed by atoms with Gasteiger partial charge in [0.1, 0.15) is 5.75 Å². The van der Waals surface area contributed by atoms with Crippen LogP contribution in [-0.4, -0.2) is 28.0 Å². The second-order valence-electron chi connectivity index (χ2n) is 4.64. The van der Waals surface area contributed by atoms with Crippen LogP contribution < -0.4 is 4.74 Å². The Morgan fingerprint density at radius 1 is 1.14 bits per heavy atom. The van der Waals surface area contributed by atoms with Gasteiger partial charge in [-0.1, -0.05) is 0 Å². The molecule has 3 aromatic rings. The molecule has 0 spiro atoms. The summed E-state index contributed by atoms with van der Waals surface area (Å²) in [5.41, 5.74) is 2.64. The highest BCUT2D eigenvalue weighted by Crippen LogP contribution is 2.17. The van der Waals surface area contributed by atoms with E-state index in [1.165, 1.54) is 0 Å². The Morgan fingerprint density at radius 3 is 2.64 bits per heavy atom. The first kappa shape index (κ1) is 13.9. The molecule has 2 aromatic heterocycles. The highest BCUT2D eigenvalue weighted by atomic mass is 16.5. The highest BCUT2D eigenvalue weighted by molar-refractivity contribution is 5.81. The van der Waals surface area contributed by atoms with Crippen molar-refractivity contribution in [3.05, 3.63) is 66.6 Å². The van der Waals surface area contributed by atoms with Gasteiger partial charge in [0, 0.05) is 18.0 Å². The zero-order valence-electron chi connectivity index (χ0n) is 12.0. The number of aromatic hydroxyl groups is 1. The second-order valence-corrected chi connectivity index (χ2v) is 4.64. The number of methoxy groups -OCH3 is 1. The monoisotopic (exact) mass is 293 g/mol. The summed E-state index contributed by atoms with van der Waals surface area (Å²) in [7, 11) is 1.58. The molecule has 2 heterocycles. The summed E-state index contributed by atoms with van der Waals surface area (Å²) in [5, 5.41) is 9.37. The van der Waals surface area contributed by atoms with Crippen LogP contribution in [-0.2, 0) is 0 Å². The average Bonchev–Trinajstić information content (AvgIpc) is 3.02. The largest absolute Gasteiger partial charge is 0.508 e. The number of rotatable bonds is 4. The van der Waals surface area contributed by atoms with E-state index in [0.717, 1.165) is 17.1 Å². The summed E-state index contributed by atoms with van der Waals surface area (Å²) in [4.78, 5) is 8.53. The summed E-state index contributed by atoms with van der Waals surface area (Å²) in [6.45, 7) is 0. The molecule has 0 atom stereocenters. The topological polar surface area (TPSA) is 59.6 Å². The van der Waals surface area contributed by atoms with Gasteiger partial charge in [-0.05, 0) is 42.5 Å². The number of pyridine rings is 1. The third-order valence-electron chi connectivity index (χ3n) is 3.18. The summed E-state index contributed by atoms with van der Waals surface area (Å²) < 4.78 is 7.00. The maximum Gasteiger partial charge on any atom is 0.213 e. The molecule has 0 fully saturated rings. The molecule has 110 valence electrons. The molecule has 0 bridgehead atoms. The van der Waals surface area contributed by atoms with Crippen LogP contribution in [0.3, 0.4) is 0 Å². The molecule has 1 N–H and O–H groups in total. The molecule has 0 amide bonds. The van der Waals surface area contributed by atoms with Gasteiger partial charge in [0.25, 0.3) is 0 Å². The molecule has 0 radical (unpaired) electrons. The fourth-order valence-corrected chi connectivity index (χ4v) is 2.06. The molecule has 0 aliphatic heterocycles. The van der Waals surface area contributed by atoms with E-state index in [4.69, 9.17) is 4.74 Å². The van der Waals surface area contributed by atoms with Crippen molar-refractivity contribution < 1.29 is 9.84 Å². The van der Waals surface area contributed by atoms with Gasteiger partial charge in [0.05, 0.1) is 30.9 Å². The third-order valence-corrected chi connectivity index (χ3v) is 3.18. The van der Waals surface area contributed by atoms with Gasteiger partial charge in [-0.3, -0.25) is 4.99 Å². The number of phenols is 1. The van der Waals surface area contributed by atoms with Crippen LogP contribution in [0.4, 0.5) is 5.69 Å². The summed E-state index contributed by atoms with van der Waals surface area (Å²) in [6.07, 6.45) is 5.37.